The lowest BCUT2D eigenvalue weighted by molar-refractivity contribution is -0.111. The first-order valence-electron chi connectivity index (χ1n) is 5.43. The molecule has 2 aromatic heterocycles. The van der Waals surface area contributed by atoms with Crippen molar-refractivity contribution in [3.63, 3.8) is 0 Å². The SMILES string of the molecule is Cc1ccc(/C=C/C(=O)Nc2ccc(C(=O)O)s2)s1. The van der Waals surface area contributed by atoms with E-state index >= 15 is 0 Å². The molecule has 1 amide bonds. The highest BCUT2D eigenvalue weighted by Gasteiger charge is 2.07. The Hall–Kier alpha value is -1.92. The molecule has 0 aliphatic heterocycles. The number of aryl methyl sites for hydroxylation is 1. The Morgan fingerprint density at radius 3 is 2.58 bits per heavy atom. The van der Waals surface area contributed by atoms with Crippen molar-refractivity contribution in [2.45, 2.75) is 6.92 Å². The second kappa shape index (κ2) is 5.81. The van der Waals surface area contributed by atoms with Crippen LogP contribution in [-0.4, -0.2) is 17.0 Å². The number of aromatic carboxylic acids is 1. The number of hydrogen-bond acceptors (Lipinski definition) is 4. The molecule has 0 atom stereocenters. The fourth-order valence-corrected chi connectivity index (χ4v) is 2.91. The van der Waals surface area contributed by atoms with E-state index in [1.807, 2.05) is 19.1 Å². The van der Waals surface area contributed by atoms with Gasteiger partial charge in [0.2, 0.25) is 5.91 Å². The standard InChI is InChI=1S/C13H11NO3S2/c1-8-2-3-9(18-8)4-6-11(15)14-12-7-5-10(19-12)13(16)17/h2-7H,1H3,(H,14,15)(H,16,17)/b6-4+. The first-order chi connectivity index (χ1) is 9.04. The second-order valence-electron chi connectivity index (χ2n) is 3.74. The van der Waals surface area contributed by atoms with E-state index in [4.69, 9.17) is 5.11 Å². The average Bonchev–Trinajstić information content (AvgIpc) is 2.96. The van der Waals surface area contributed by atoms with Gasteiger partial charge in [0, 0.05) is 15.8 Å². The zero-order valence-electron chi connectivity index (χ0n) is 10.0. The third kappa shape index (κ3) is 3.77. The lowest BCUT2D eigenvalue weighted by Crippen LogP contribution is -2.05. The van der Waals surface area contributed by atoms with E-state index < -0.39 is 5.97 Å². The number of carboxylic acids is 1. The molecule has 0 aliphatic carbocycles. The summed E-state index contributed by atoms with van der Waals surface area (Å²) in [6.45, 7) is 2.00. The molecule has 0 aliphatic rings. The van der Waals surface area contributed by atoms with Gasteiger partial charge in [-0.3, -0.25) is 4.79 Å². The molecule has 0 bridgehead atoms. The van der Waals surface area contributed by atoms with Crippen molar-refractivity contribution in [2.75, 3.05) is 5.32 Å². The highest BCUT2D eigenvalue weighted by molar-refractivity contribution is 7.18. The lowest BCUT2D eigenvalue weighted by atomic mass is 10.4. The summed E-state index contributed by atoms with van der Waals surface area (Å²) in [7, 11) is 0. The zero-order chi connectivity index (χ0) is 13.8. The van der Waals surface area contributed by atoms with Gasteiger partial charge in [0.15, 0.2) is 0 Å². The molecule has 0 fully saturated rings. The van der Waals surface area contributed by atoms with Gasteiger partial charge in [-0.15, -0.1) is 22.7 Å². The Labute approximate surface area is 118 Å². The molecule has 6 heteroatoms. The van der Waals surface area contributed by atoms with Crippen LogP contribution in [0.15, 0.2) is 30.3 Å². The maximum Gasteiger partial charge on any atom is 0.345 e. The van der Waals surface area contributed by atoms with Crippen molar-refractivity contribution in [1.82, 2.24) is 0 Å². The smallest absolute Gasteiger partial charge is 0.345 e. The minimum atomic E-state index is -0.991. The van der Waals surface area contributed by atoms with E-state index in [1.165, 1.54) is 17.0 Å². The van der Waals surface area contributed by atoms with Crippen LogP contribution in [0.4, 0.5) is 5.00 Å². The van der Waals surface area contributed by atoms with Gasteiger partial charge in [-0.05, 0) is 37.3 Å². The number of nitrogens with one attached hydrogen (secondary N) is 1. The predicted molar refractivity (Wildman–Crippen MR) is 78.0 cm³/mol. The highest BCUT2D eigenvalue weighted by atomic mass is 32.1. The molecule has 0 spiro atoms. The summed E-state index contributed by atoms with van der Waals surface area (Å²) in [4.78, 5) is 24.7. The normalized spacial score (nSPS) is 10.8. The Morgan fingerprint density at radius 2 is 2.00 bits per heavy atom. The second-order valence-corrected chi connectivity index (χ2v) is 6.14. The van der Waals surface area contributed by atoms with Gasteiger partial charge < -0.3 is 10.4 Å². The van der Waals surface area contributed by atoms with E-state index in [1.54, 1.807) is 23.5 Å². The maximum atomic E-state index is 11.6. The number of carboxylic acid groups (broad SMARTS) is 1. The summed E-state index contributed by atoms with van der Waals surface area (Å²) in [5.74, 6) is -1.26. The Kier molecular flexibility index (Phi) is 4.13. The van der Waals surface area contributed by atoms with Crippen LogP contribution in [0.5, 0.6) is 0 Å². The summed E-state index contributed by atoms with van der Waals surface area (Å²) >= 11 is 2.63. The molecular formula is C13H11NO3S2. The van der Waals surface area contributed by atoms with Crippen molar-refractivity contribution >= 4 is 45.6 Å². The van der Waals surface area contributed by atoms with E-state index in [-0.39, 0.29) is 10.8 Å². The average molecular weight is 293 g/mol. The minimum absolute atomic E-state index is 0.202. The molecule has 0 saturated carbocycles. The van der Waals surface area contributed by atoms with Gasteiger partial charge in [-0.25, -0.2) is 4.79 Å². The summed E-state index contributed by atoms with van der Waals surface area (Å²) in [6.07, 6.45) is 3.17. The van der Waals surface area contributed by atoms with Crippen LogP contribution in [0, 0.1) is 6.92 Å². The minimum Gasteiger partial charge on any atom is -0.477 e. The van der Waals surface area contributed by atoms with Gasteiger partial charge >= 0.3 is 5.97 Å². The third-order valence-electron chi connectivity index (χ3n) is 2.22. The lowest BCUT2D eigenvalue weighted by Gasteiger charge is -1.95. The van der Waals surface area contributed by atoms with Crippen LogP contribution >= 0.6 is 22.7 Å². The van der Waals surface area contributed by atoms with Crippen LogP contribution < -0.4 is 5.32 Å². The number of anilines is 1. The molecule has 19 heavy (non-hydrogen) atoms. The summed E-state index contributed by atoms with van der Waals surface area (Å²) in [5.41, 5.74) is 0. The van der Waals surface area contributed by atoms with Crippen molar-refractivity contribution in [2.24, 2.45) is 0 Å². The molecule has 0 unspecified atom stereocenters. The zero-order valence-corrected chi connectivity index (χ0v) is 11.7. The topological polar surface area (TPSA) is 66.4 Å². The van der Waals surface area contributed by atoms with E-state index in [0.29, 0.717) is 5.00 Å². The van der Waals surface area contributed by atoms with E-state index in [9.17, 15) is 9.59 Å². The molecule has 2 heterocycles. The predicted octanol–water partition coefficient (Wildman–Crippen LogP) is 3.47. The van der Waals surface area contributed by atoms with Crippen LogP contribution in [-0.2, 0) is 4.79 Å². The molecule has 2 aromatic rings. The van der Waals surface area contributed by atoms with Gasteiger partial charge in [0.25, 0.3) is 0 Å². The fraction of sp³-hybridized carbons (Fsp3) is 0.0769. The molecule has 0 radical (unpaired) electrons. The van der Waals surface area contributed by atoms with E-state index in [0.717, 1.165) is 16.2 Å². The Morgan fingerprint density at radius 1 is 1.21 bits per heavy atom. The molecule has 0 saturated heterocycles. The van der Waals surface area contributed by atoms with Crippen LogP contribution in [0.2, 0.25) is 0 Å². The van der Waals surface area contributed by atoms with Crippen LogP contribution in [0.3, 0.4) is 0 Å². The van der Waals surface area contributed by atoms with Gasteiger partial charge in [0.05, 0.1) is 5.00 Å². The van der Waals surface area contributed by atoms with Crippen molar-refractivity contribution in [3.05, 3.63) is 45.0 Å². The van der Waals surface area contributed by atoms with Crippen molar-refractivity contribution in [3.8, 4) is 0 Å². The Balaban J connectivity index is 1.97. The van der Waals surface area contributed by atoms with Gasteiger partial charge in [-0.1, -0.05) is 0 Å². The van der Waals surface area contributed by atoms with Crippen LogP contribution in [0.1, 0.15) is 19.4 Å². The summed E-state index contributed by atoms with van der Waals surface area (Å²) < 4.78 is 0. The van der Waals surface area contributed by atoms with E-state index in [2.05, 4.69) is 5.32 Å². The van der Waals surface area contributed by atoms with Crippen LogP contribution in [0.25, 0.3) is 6.08 Å². The molecular weight excluding hydrogens is 282 g/mol. The monoisotopic (exact) mass is 293 g/mol. The third-order valence-corrected chi connectivity index (χ3v) is 4.18. The summed E-state index contributed by atoms with van der Waals surface area (Å²) in [5, 5.41) is 11.9. The summed E-state index contributed by atoms with van der Waals surface area (Å²) in [6, 6.07) is 6.97. The molecule has 0 aromatic carbocycles. The molecule has 2 rings (SSSR count). The fourth-order valence-electron chi connectivity index (χ4n) is 1.38. The number of amides is 1. The van der Waals surface area contributed by atoms with Gasteiger partial charge in [-0.2, -0.15) is 0 Å². The maximum absolute atomic E-state index is 11.6. The van der Waals surface area contributed by atoms with Crippen molar-refractivity contribution < 1.29 is 14.7 Å². The Bertz CT molecular complexity index is 640. The first kappa shape index (κ1) is 13.5. The number of hydrogen-bond donors (Lipinski definition) is 2. The first-order valence-corrected chi connectivity index (χ1v) is 7.06. The highest BCUT2D eigenvalue weighted by Crippen LogP contribution is 2.22. The quantitative estimate of drug-likeness (QED) is 0.848. The molecule has 98 valence electrons. The number of carbonyl (C=O) groups excluding carboxylic acids is 1. The van der Waals surface area contributed by atoms with Crippen molar-refractivity contribution in [1.29, 1.82) is 0 Å². The molecule has 2 N–H and O–H groups in total. The van der Waals surface area contributed by atoms with Gasteiger partial charge in [0.1, 0.15) is 4.88 Å². The number of rotatable bonds is 4. The number of carbonyl (C=O) groups is 2. The molecule has 4 nitrogen and oxygen atoms in total. The largest absolute Gasteiger partial charge is 0.477 e. The number of thiophene rings is 2.